The molecule has 0 fully saturated rings. The molecule has 624 valence electrons. The largest absolute Gasteiger partial charge is 0.309 e. The van der Waals surface area contributed by atoms with Crippen LogP contribution >= 0.6 is 21.4 Å². The number of hydrogen-bond acceptors (Lipinski definition) is 9. The topological polar surface area (TPSA) is 142 Å². The maximum absolute atomic E-state index is 16.8. The van der Waals surface area contributed by atoms with Gasteiger partial charge in [-0.2, -0.15) is 0 Å². The van der Waals surface area contributed by atoms with Crippen molar-refractivity contribution < 1.29 is 13.7 Å². The van der Waals surface area contributed by atoms with E-state index in [9.17, 15) is 4.57 Å². The van der Waals surface area contributed by atoms with Crippen LogP contribution in [0.4, 0.5) is 0 Å². The van der Waals surface area contributed by atoms with Crippen LogP contribution in [0, 0.1) is 0 Å². The van der Waals surface area contributed by atoms with Gasteiger partial charge in [0.1, 0.15) is 16.9 Å². The van der Waals surface area contributed by atoms with Gasteiger partial charge in [-0.1, -0.05) is 273 Å². The van der Waals surface area contributed by atoms with E-state index < -0.39 is 21.4 Å². The zero-order valence-electron chi connectivity index (χ0n) is 71.3. The Bertz CT molecular complexity index is 9920. The summed E-state index contributed by atoms with van der Waals surface area (Å²) in [5.41, 5.74) is 13.2. The lowest BCUT2D eigenvalue weighted by Gasteiger charge is -2.24. The molecule has 0 spiro atoms. The summed E-state index contributed by atoms with van der Waals surface area (Å²) in [4.78, 5) is 28.5. The van der Waals surface area contributed by atoms with Gasteiger partial charge in [0.05, 0.1) is 55.2 Å². The molecule has 0 saturated carbocycles. The number of fused-ring (bicyclic) bond motifs is 32. The highest BCUT2D eigenvalue weighted by molar-refractivity contribution is 7.86. The summed E-state index contributed by atoms with van der Waals surface area (Å²) >= 11 is 0. The van der Waals surface area contributed by atoms with Gasteiger partial charge in [-0.15, -0.1) is 0 Å². The molecule has 28 rings (SSSR count). The molecular formula is C118H74N9O3P3. The van der Waals surface area contributed by atoms with E-state index in [1.807, 2.05) is 115 Å². The number of rotatable bonds is 9. The van der Waals surface area contributed by atoms with Crippen molar-refractivity contribution in [3.05, 3.63) is 450 Å². The molecule has 3 atom stereocenters. The Morgan fingerprint density at radius 3 is 1.14 bits per heavy atom. The van der Waals surface area contributed by atoms with Crippen LogP contribution in [-0.4, -0.2) is 43.1 Å². The van der Waals surface area contributed by atoms with Crippen LogP contribution in [0.3, 0.4) is 0 Å². The fourth-order valence-electron chi connectivity index (χ4n) is 20.7. The SMILES string of the molecule is O=P(c1ccc2ccccc2c1)(c1cccc2cc3c4ccccc4n4c5ccccc5nc4c3cc12)c1cccc2c1ccc1ccccc12.O=P(c1ccccc1)(c1ccc2cc3c4ccccc4n4c5ccccc5nc4c3cc2c1)c1cnc2ccccc2c1.O=P(c1ccncc1)(c1cccnc1)c1ccc2cc3c(cc2c1)c1ccccc1n1c2ccccc2nc31. The second kappa shape index (κ2) is 30.6. The minimum Gasteiger partial charge on any atom is -0.309 e. The summed E-state index contributed by atoms with van der Waals surface area (Å²) in [7, 11) is -9.90. The highest BCUT2D eigenvalue weighted by Crippen LogP contribution is 2.51. The molecule has 0 bridgehead atoms. The van der Waals surface area contributed by atoms with Crippen molar-refractivity contribution in [2.75, 3.05) is 0 Å². The first-order chi connectivity index (χ1) is 65.6. The summed E-state index contributed by atoms with van der Waals surface area (Å²) in [6.07, 6.45) is 8.58. The number of imidazole rings is 3. The highest BCUT2D eigenvalue weighted by atomic mass is 31.2. The molecule has 0 saturated heterocycles. The molecule has 0 aliphatic rings. The summed E-state index contributed by atoms with van der Waals surface area (Å²) in [6, 6.07) is 144. The third kappa shape index (κ3) is 12.2. The van der Waals surface area contributed by atoms with Crippen molar-refractivity contribution in [2.24, 2.45) is 0 Å². The van der Waals surface area contributed by atoms with Gasteiger partial charge in [0.25, 0.3) is 0 Å². The standard InChI is InChI=1S/C47H29N2OP.C38H24N3OP.C33H21N4OP/c50-51(34-25-23-30-11-1-2-13-32(30)27-34,45-22-10-17-36-35-15-4-3-12-31(35)24-26-38(36)45)46-21-9-14-33-28-40-37-16-5-7-19-43(37)49-44-20-8-6-18-42(44)48-47(49)41(40)29-39(33)46;42-43(28-11-2-1-3-12-28,30-20-26-10-4-6-14-34(26)39-24-30)29-19-18-25-22-32-31-13-5-8-16-36(31)41-37-17-9-7-15-35(37)40-38(41)33(32)23-27(25)21-29;38-39(24-13-16-34-17-14-24,26-6-5-15-35-21-26)25-12-11-22-19-29-28(20-23(22)18-25)27-7-1-3-9-31(27)37-32-10-4-2-8-30(32)36-33(29)37/h1-29H;1-24H;1-21H. The van der Waals surface area contributed by atoms with Gasteiger partial charge in [0, 0.05) is 116 Å². The Morgan fingerprint density at radius 1 is 0.180 bits per heavy atom. The molecular weight excluding hydrogens is 1680 g/mol. The lowest BCUT2D eigenvalue weighted by molar-refractivity contribution is 0.591. The summed E-state index contributed by atoms with van der Waals surface area (Å²) in [5, 5.41) is 31.0. The van der Waals surface area contributed by atoms with E-state index in [4.69, 9.17) is 19.9 Å². The molecule has 0 aliphatic carbocycles. The Kier molecular flexibility index (Phi) is 17.9. The number of hydrogen-bond donors (Lipinski definition) is 0. The third-order valence-corrected chi connectivity index (χ3v) is 36.2. The van der Waals surface area contributed by atoms with Crippen molar-refractivity contribution >= 4 is 260 Å². The first-order valence-corrected chi connectivity index (χ1v) is 49.6. The van der Waals surface area contributed by atoms with Gasteiger partial charge < -0.3 is 13.7 Å². The van der Waals surface area contributed by atoms with Crippen LogP contribution < -0.4 is 47.7 Å². The molecule has 15 heteroatoms. The fourth-order valence-corrected chi connectivity index (χ4v) is 29.0. The monoisotopic (exact) mass is 1760 g/mol. The fraction of sp³-hybridized carbons (Fsp3) is 0. The Hall–Kier alpha value is -16.5. The zero-order valence-corrected chi connectivity index (χ0v) is 74.0. The van der Waals surface area contributed by atoms with Crippen LogP contribution in [0.5, 0.6) is 0 Å². The summed E-state index contributed by atoms with van der Waals surface area (Å²) in [6.45, 7) is 0. The predicted molar refractivity (Wildman–Crippen MR) is 557 cm³/mol. The van der Waals surface area contributed by atoms with Crippen molar-refractivity contribution in [3.63, 3.8) is 0 Å². The molecule has 9 heterocycles. The van der Waals surface area contributed by atoms with Crippen molar-refractivity contribution in [1.82, 2.24) is 43.1 Å². The van der Waals surface area contributed by atoms with Gasteiger partial charge in [0.2, 0.25) is 0 Å². The lowest BCUT2D eigenvalue weighted by atomic mass is 10.0. The van der Waals surface area contributed by atoms with Crippen molar-refractivity contribution in [2.45, 2.75) is 0 Å². The first kappa shape index (κ1) is 77.7. The number of nitrogens with zero attached hydrogens (tertiary/aromatic N) is 9. The predicted octanol–water partition coefficient (Wildman–Crippen LogP) is 25.6. The van der Waals surface area contributed by atoms with E-state index in [0.717, 1.165) is 222 Å². The molecule has 0 radical (unpaired) electrons. The maximum Gasteiger partial charge on any atom is 0.172 e. The van der Waals surface area contributed by atoms with E-state index in [0.29, 0.717) is 5.30 Å². The number of aromatic nitrogens is 9. The van der Waals surface area contributed by atoms with E-state index in [2.05, 4.69) is 326 Å². The van der Waals surface area contributed by atoms with Gasteiger partial charge in [0.15, 0.2) is 21.4 Å². The van der Waals surface area contributed by atoms with E-state index in [-0.39, 0.29) is 0 Å². The lowest BCUT2D eigenvalue weighted by Crippen LogP contribution is -2.26. The molecule has 12 nitrogen and oxygen atoms in total. The molecule has 0 N–H and O–H groups in total. The quantitative estimate of drug-likeness (QED) is 0.0784. The first-order valence-electron chi connectivity index (χ1n) is 44.5. The number of benzene rings is 19. The highest BCUT2D eigenvalue weighted by Gasteiger charge is 2.36. The number of pyridine rings is 6. The summed E-state index contributed by atoms with van der Waals surface area (Å²) in [5.74, 6) is 0. The van der Waals surface area contributed by atoms with Gasteiger partial charge in [-0.25, -0.2) is 15.0 Å². The van der Waals surface area contributed by atoms with Crippen molar-refractivity contribution in [3.8, 4) is 0 Å². The summed E-state index contributed by atoms with van der Waals surface area (Å²) < 4.78 is 53.9. The van der Waals surface area contributed by atoms with Crippen LogP contribution in [0.2, 0.25) is 0 Å². The van der Waals surface area contributed by atoms with Gasteiger partial charge >= 0.3 is 0 Å². The van der Waals surface area contributed by atoms with E-state index in [1.54, 1.807) is 31.0 Å². The molecule has 28 aromatic rings. The average molecular weight is 1760 g/mol. The maximum atomic E-state index is 16.8. The smallest absolute Gasteiger partial charge is 0.172 e. The average Bonchev–Trinajstić information content (AvgIpc) is 1.70. The molecule has 133 heavy (non-hydrogen) atoms. The second-order valence-electron chi connectivity index (χ2n) is 34.2. The van der Waals surface area contributed by atoms with E-state index in [1.165, 1.54) is 10.8 Å². The van der Waals surface area contributed by atoms with Crippen molar-refractivity contribution in [1.29, 1.82) is 0 Å². The minimum atomic E-state index is -3.49. The Labute approximate surface area is 760 Å². The second-order valence-corrected chi connectivity index (χ2v) is 42.5. The minimum absolute atomic E-state index is 0.701. The number of para-hydroxylation sites is 10. The van der Waals surface area contributed by atoms with Gasteiger partial charge in [-0.05, 0) is 226 Å². The van der Waals surface area contributed by atoms with Crippen LogP contribution in [0.1, 0.15) is 0 Å². The van der Waals surface area contributed by atoms with Crippen LogP contribution in [0.15, 0.2) is 450 Å². The third-order valence-electron chi connectivity index (χ3n) is 27.0. The molecule has 3 unspecified atom stereocenters. The molecule has 0 amide bonds. The normalized spacial score (nSPS) is 13.4. The molecule has 0 aliphatic heterocycles. The Morgan fingerprint density at radius 2 is 0.564 bits per heavy atom. The van der Waals surface area contributed by atoms with Gasteiger partial charge in [-0.3, -0.25) is 28.2 Å². The Balaban J connectivity index is 0.000000105. The molecule has 19 aromatic carbocycles. The van der Waals surface area contributed by atoms with Crippen LogP contribution in [-0.2, 0) is 13.7 Å². The zero-order chi connectivity index (χ0) is 88.2. The molecule has 9 aromatic heterocycles. The van der Waals surface area contributed by atoms with Crippen LogP contribution in [0.25, 0.3) is 191 Å². The van der Waals surface area contributed by atoms with E-state index >= 15 is 9.13 Å².